The first-order valence-electron chi connectivity index (χ1n) is 12.7. The summed E-state index contributed by atoms with van der Waals surface area (Å²) in [4.78, 5) is 31.5. The van der Waals surface area contributed by atoms with E-state index in [2.05, 4.69) is 20.4 Å². The Hall–Kier alpha value is -4.13. The number of rotatable bonds is 10. The quantitative estimate of drug-likeness (QED) is 0.357. The number of aromatic nitrogens is 2. The number of nitrogens with zero attached hydrogens (tertiary/aromatic N) is 3. The van der Waals surface area contributed by atoms with E-state index in [1.165, 1.54) is 37.6 Å². The number of nitrogens with one attached hydrogen (secondary N) is 2. The maximum atomic E-state index is 15.1. The number of halogens is 4. The Balaban J connectivity index is 1.60. The van der Waals surface area contributed by atoms with Crippen LogP contribution in [0.25, 0.3) is 5.69 Å². The van der Waals surface area contributed by atoms with Crippen LogP contribution in [0.2, 0.25) is 0 Å². The van der Waals surface area contributed by atoms with Crippen molar-refractivity contribution < 1.29 is 36.6 Å². The minimum atomic E-state index is -3.01. The van der Waals surface area contributed by atoms with Crippen LogP contribution in [0.15, 0.2) is 42.6 Å². The van der Waals surface area contributed by atoms with E-state index in [1.54, 1.807) is 0 Å². The molecule has 0 radical (unpaired) electrons. The molecule has 0 saturated carbocycles. The van der Waals surface area contributed by atoms with Gasteiger partial charge in [0.05, 0.1) is 19.3 Å². The van der Waals surface area contributed by atoms with E-state index < -0.39 is 29.8 Å². The van der Waals surface area contributed by atoms with Gasteiger partial charge in [-0.25, -0.2) is 13.8 Å². The number of piperidine rings is 1. The largest absolute Gasteiger partial charge is 0.497 e. The molecule has 2 N–H and O–H groups in total. The molecule has 0 bridgehead atoms. The fourth-order valence-electron chi connectivity index (χ4n) is 4.55. The molecule has 0 aliphatic carbocycles. The van der Waals surface area contributed by atoms with Gasteiger partial charge >= 0.3 is 6.61 Å². The van der Waals surface area contributed by atoms with Crippen LogP contribution in [0, 0.1) is 11.6 Å². The fourth-order valence-corrected chi connectivity index (χ4v) is 4.55. The van der Waals surface area contributed by atoms with Crippen LogP contribution < -0.4 is 20.1 Å². The van der Waals surface area contributed by atoms with E-state index in [0.717, 1.165) is 16.7 Å². The fraction of sp³-hybridized carbons (Fsp3) is 0.370. The van der Waals surface area contributed by atoms with Gasteiger partial charge in [-0.1, -0.05) is 0 Å². The van der Waals surface area contributed by atoms with Gasteiger partial charge in [-0.3, -0.25) is 24.4 Å². The van der Waals surface area contributed by atoms with Gasteiger partial charge in [0.1, 0.15) is 17.2 Å². The minimum Gasteiger partial charge on any atom is -0.497 e. The number of anilines is 1. The van der Waals surface area contributed by atoms with Crippen LogP contribution in [0.3, 0.4) is 0 Å². The van der Waals surface area contributed by atoms with Crippen molar-refractivity contribution in [1.29, 1.82) is 0 Å². The molecule has 214 valence electrons. The summed E-state index contributed by atoms with van der Waals surface area (Å²) in [7, 11) is 1.28. The minimum absolute atomic E-state index is 0.0183. The number of methoxy groups -OCH3 is 1. The number of carbonyl (C=O) groups excluding carboxylic acids is 2. The Bertz CT molecular complexity index is 1320. The third-order valence-corrected chi connectivity index (χ3v) is 6.51. The standard InChI is InChI=1S/C27H29F4N5O4/c1-3-32-23(37)15-35-10-8-16(9-11-35)22-14-36(24-20(28)12-19(39-2)13-21(24)29)27(33-22)34-25(38)17-4-6-18(7-5-17)40-26(30)31/h4-7,12-14,16,26H,3,8-11,15H2,1-2H3,(H,32,37)(H,33,34,38). The zero-order chi connectivity index (χ0) is 28.8. The number of likely N-dealkylation sites (N-methyl/N-ethyl adjacent to an activating group) is 1. The van der Waals surface area contributed by atoms with Crippen molar-refractivity contribution in [3.63, 3.8) is 0 Å². The Morgan fingerprint density at radius 3 is 2.30 bits per heavy atom. The smallest absolute Gasteiger partial charge is 0.387 e. The Kier molecular flexibility index (Phi) is 9.25. The third kappa shape index (κ3) is 6.89. The van der Waals surface area contributed by atoms with Gasteiger partial charge in [0.2, 0.25) is 11.9 Å². The number of carbonyl (C=O) groups is 2. The van der Waals surface area contributed by atoms with Crippen molar-refractivity contribution in [2.45, 2.75) is 32.3 Å². The summed E-state index contributed by atoms with van der Waals surface area (Å²) in [5.74, 6) is -2.95. The second kappa shape index (κ2) is 12.8. The van der Waals surface area contributed by atoms with E-state index in [0.29, 0.717) is 38.2 Å². The van der Waals surface area contributed by atoms with Crippen LogP contribution >= 0.6 is 0 Å². The molecule has 1 aromatic heterocycles. The van der Waals surface area contributed by atoms with E-state index >= 15 is 8.78 Å². The molecule has 0 spiro atoms. The number of imidazole rings is 1. The molecule has 2 aromatic carbocycles. The molecule has 1 saturated heterocycles. The van der Waals surface area contributed by atoms with Crippen molar-refractivity contribution in [2.75, 3.05) is 38.6 Å². The molecular weight excluding hydrogens is 534 g/mol. The second-order valence-corrected chi connectivity index (χ2v) is 9.16. The summed E-state index contributed by atoms with van der Waals surface area (Å²) in [6.07, 6.45) is 2.76. The van der Waals surface area contributed by atoms with Gasteiger partial charge in [0, 0.05) is 36.4 Å². The van der Waals surface area contributed by atoms with E-state index in [1.807, 2.05) is 11.8 Å². The molecule has 40 heavy (non-hydrogen) atoms. The molecule has 3 aromatic rings. The molecule has 1 aliphatic heterocycles. The maximum absolute atomic E-state index is 15.1. The van der Waals surface area contributed by atoms with Crippen molar-refractivity contribution in [1.82, 2.24) is 19.8 Å². The molecule has 0 unspecified atom stereocenters. The molecule has 4 rings (SSSR count). The normalized spacial score (nSPS) is 14.3. The number of hydrogen-bond donors (Lipinski definition) is 2. The molecule has 2 heterocycles. The number of likely N-dealkylation sites (tertiary alicyclic amines) is 1. The topological polar surface area (TPSA) is 97.7 Å². The van der Waals surface area contributed by atoms with Gasteiger partial charge in [0.25, 0.3) is 5.91 Å². The Labute approximate surface area is 228 Å². The summed E-state index contributed by atoms with van der Waals surface area (Å²) in [5, 5.41) is 5.34. The van der Waals surface area contributed by atoms with Gasteiger partial charge in [-0.05, 0) is 57.1 Å². The summed E-state index contributed by atoms with van der Waals surface area (Å²) in [6, 6.07) is 7.00. The average Bonchev–Trinajstić information content (AvgIpc) is 3.31. The number of hydrogen-bond acceptors (Lipinski definition) is 6. The lowest BCUT2D eigenvalue weighted by molar-refractivity contribution is -0.122. The summed E-state index contributed by atoms with van der Waals surface area (Å²) in [5.41, 5.74) is 0.152. The maximum Gasteiger partial charge on any atom is 0.387 e. The monoisotopic (exact) mass is 563 g/mol. The lowest BCUT2D eigenvalue weighted by Crippen LogP contribution is -2.41. The van der Waals surface area contributed by atoms with Crippen LogP contribution in [0.4, 0.5) is 23.5 Å². The van der Waals surface area contributed by atoms with Gasteiger partial charge in [-0.15, -0.1) is 0 Å². The van der Waals surface area contributed by atoms with Crippen molar-refractivity contribution >= 4 is 17.8 Å². The molecule has 1 aliphatic rings. The van der Waals surface area contributed by atoms with E-state index in [9.17, 15) is 18.4 Å². The molecular formula is C27H29F4N5O4. The molecule has 0 atom stereocenters. The van der Waals surface area contributed by atoms with Crippen LogP contribution in [0.1, 0.15) is 41.7 Å². The first kappa shape index (κ1) is 28.9. The van der Waals surface area contributed by atoms with Gasteiger partial charge < -0.3 is 14.8 Å². The van der Waals surface area contributed by atoms with Crippen LogP contribution in [-0.2, 0) is 4.79 Å². The average molecular weight is 564 g/mol. The molecule has 1 fully saturated rings. The predicted octanol–water partition coefficient (Wildman–Crippen LogP) is 4.33. The Morgan fingerprint density at radius 1 is 1.07 bits per heavy atom. The first-order chi connectivity index (χ1) is 19.2. The first-order valence-corrected chi connectivity index (χ1v) is 12.7. The highest BCUT2D eigenvalue weighted by Gasteiger charge is 2.27. The third-order valence-electron chi connectivity index (χ3n) is 6.51. The van der Waals surface area contributed by atoms with Crippen LogP contribution in [-0.4, -0.2) is 66.2 Å². The summed E-state index contributed by atoms with van der Waals surface area (Å²) in [6.45, 7) is 0.902. The predicted molar refractivity (Wildman–Crippen MR) is 138 cm³/mol. The SMILES string of the molecule is CCNC(=O)CN1CCC(c2cn(-c3c(F)cc(OC)cc3F)c(NC(=O)c3ccc(OC(F)F)cc3)n2)CC1. The van der Waals surface area contributed by atoms with Gasteiger partial charge in [-0.2, -0.15) is 8.78 Å². The van der Waals surface area contributed by atoms with E-state index in [-0.39, 0.29) is 41.4 Å². The van der Waals surface area contributed by atoms with Gasteiger partial charge in [0.15, 0.2) is 11.6 Å². The highest BCUT2D eigenvalue weighted by atomic mass is 19.3. The Morgan fingerprint density at radius 2 is 1.73 bits per heavy atom. The van der Waals surface area contributed by atoms with E-state index in [4.69, 9.17) is 4.74 Å². The molecule has 13 heteroatoms. The lowest BCUT2D eigenvalue weighted by atomic mass is 9.94. The van der Waals surface area contributed by atoms with Crippen LogP contribution in [0.5, 0.6) is 11.5 Å². The number of amides is 2. The summed E-state index contributed by atoms with van der Waals surface area (Å²) < 4.78 is 65.4. The molecule has 2 amide bonds. The van der Waals surface area contributed by atoms with Crippen molar-refractivity contribution in [2.24, 2.45) is 0 Å². The number of ether oxygens (including phenoxy) is 2. The summed E-state index contributed by atoms with van der Waals surface area (Å²) >= 11 is 0. The number of alkyl halides is 2. The second-order valence-electron chi connectivity index (χ2n) is 9.16. The van der Waals surface area contributed by atoms with Crippen molar-refractivity contribution in [3.8, 4) is 17.2 Å². The van der Waals surface area contributed by atoms with Crippen molar-refractivity contribution in [3.05, 3.63) is 65.5 Å². The highest BCUT2D eigenvalue weighted by molar-refractivity contribution is 6.03. The highest BCUT2D eigenvalue weighted by Crippen LogP contribution is 2.32. The lowest BCUT2D eigenvalue weighted by Gasteiger charge is -2.30. The zero-order valence-electron chi connectivity index (χ0n) is 21.9. The number of benzene rings is 2. The molecule has 9 nitrogen and oxygen atoms in total. The zero-order valence-corrected chi connectivity index (χ0v) is 21.9.